The third-order valence-corrected chi connectivity index (χ3v) is 6.74. The number of sulfonamides is 1. The number of carbonyl (C=O) groups excluding carboxylic acids is 1. The van der Waals surface area contributed by atoms with Crippen LogP contribution in [-0.2, 0) is 27.9 Å². The van der Waals surface area contributed by atoms with E-state index < -0.39 is 15.8 Å². The third kappa shape index (κ3) is 4.91. The van der Waals surface area contributed by atoms with Crippen molar-refractivity contribution in [1.82, 2.24) is 4.90 Å². The summed E-state index contributed by atoms with van der Waals surface area (Å²) < 4.78 is 57.5. The van der Waals surface area contributed by atoms with Gasteiger partial charge in [-0.05, 0) is 48.5 Å². The van der Waals surface area contributed by atoms with Crippen molar-refractivity contribution in [3.05, 3.63) is 77.6 Å². The van der Waals surface area contributed by atoms with E-state index in [1.807, 2.05) is 12.1 Å². The number of halogens is 1. The van der Waals surface area contributed by atoms with Crippen LogP contribution in [0.5, 0.6) is 17.2 Å². The van der Waals surface area contributed by atoms with Gasteiger partial charge in [0.05, 0.1) is 19.1 Å². The number of nitrogens with one attached hydrogen (secondary N) is 1. The molecule has 4 rings (SSSR count). The van der Waals surface area contributed by atoms with Gasteiger partial charge in [-0.2, -0.15) is 0 Å². The number of fused-ring (bicyclic) bond motifs is 1. The predicted molar refractivity (Wildman–Crippen MR) is 123 cm³/mol. The van der Waals surface area contributed by atoms with Gasteiger partial charge < -0.3 is 19.1 Å². The molecule has 0 atom stereocenters. The quantitative estimate of drug-likeness (QED) is 0.549. The minimum absolute atomic E-state index is 0.0676. The van der Waals surface area contributed by atoms with Crippen LogP contribution in [0.3, 0.4) is 0 Å². The molecule has 1 aliphatic heterocycles. The summed E-state index contributed by atoms with van der Waals surface area (Å²) >= 11 is 0. The highest BCUT2D eigenvalue weighted by molar-refractivity contribution is 7.92. The highest BCUT2D eigenvalue weighted by atomic mass is 32.2. The summed E-state index contributed by atoms with van der Waals surface area (Å²) in [5.74, 6) is 0.812. The Balaban J connectivity index is 1.59. The number of carbonyl (C=O) groups is 1. The van der Waals surface area contributed by atoms with Crippen LogP contribution in [0.1, 0.15) is 11.1 Å². The van der Waals surface area contributed by atoms with Crippen molar-refractivity contribution in [2.45, 2.75) is 18.0 Å². The van der Waals surface area contributed by atoms with E-state index in [-0.39, 0.29) is 30.5 Å². The smallest absolute Gasteiger partial charge is 0.261 e. The molecule has 178 valence electrons. The van der Waals surface area contributed by atoms with Gasteiger partial charge in [-0.3, -0.25) is 9.52 Å². The number of hydrogen-bond acceptors (Lipinski definition) is 6. The lowest BCUT2D eigenvalue weighted by Gasteiger charge is -2.22. The van der Waals surface area contributed by atoms with Gasteiger partial charge in [-0.25, -0.2) is 12.8 Å². The molecule has 1 heterocycles. The Morgan fingerprint density at radius 2 is 1.82 bits per heavy atom. The second-order valence-corrected chi connectivity index (χ2v) is 9.26. The van der Waals surface area contributed by atoms with Crippen molar-refractivity contribution >= 4 is 21.6 Å². The molecule has 0 bridgehead atoms. The molecule has 3 aromatic rings. The van der Waals surface area contributed by atoms with E-state index in [2.05, 4.69) is 4.72 Å². The highest BCUT2D eigenvalue weighted by Gasteiger charge is 2.24. The fourth-order valence-electron chi connectivity index (χ4n) is 3.69. The molecule has 1 amide bonds. The number of rotatable bonds is 7. The van der Waals surface area contributed by atoms with Crippen molar-refractivity contribution in [2.75, 3.05) is 25.5 Å². The highest BCUT2D eigenvalue weighted by Crippen LogP contribution is 2.33. The number of methoxy groups -OCH3 is 2. The number of nitrogens with zero attached hydrogens (tertiary/aromatic N) is 1. The van der Waals surface area contributed by atoms with Gasteiger partial charge >= 0.3 is 0 Å². The summed E-state index contributed by atoms with van der Waals surface area (Å²) in [6, 6.07) is 14.7. The lowest BCUT2D eigenvalue weighted by atomic mass is 10.1. The zero-order valence-corrected chi connectivity index (χ0v) is 19.4. The second kappa shape index (κ2) is 9.60. The van der Waals surface area contributed by atoms with Crippen LogP contribution in [0.15, 0.2) is 65.6 Å². The largest absolute Gasteiger partial charge is 0.493 e. The average Bonchev–Trinajstić information content (AvgIpc) is 2.97. The minimum atomic E-state index is -3.92. The minimum Gasteiger partial charge on any atom is -0.493 e. The fourth-order valence-corrected chi connectivity index (χ4v) is 4.74. The first-order valence-corrected chi connectivity index (χ1v) is 11.8. The number of benzene rings is 3. The van der Waals surface area contributed by atoms with Crippen LogP contribution < -0.4 is 18.9 Å². The molecule has 10 heteroatoms. The molecule has 0 fully saturated rings. The fraction of sp³-hybridized carbons (Fsp3) is 0.208. The molecule has 0 radical (unpaired) electrons. The van der Waals surface area contributed by atoms with Gasteiger partial charge in [0.25, 0.3) is 15.9 Å². The third-order valence-electron chi connectivity index (χ3n) is 5.35. The van der Waals surface area contributed by atoms with Crippen LogP contribution in [0.4, 0.5) is 10.1 Å². The van der Waals surface area contributed by atoms with Gasteiger partial charge in [0, 0.05) is 29.9 Å². The molecule has 0 spiro atoms. The first-order valence-electron chi connectivity index (χ1n) is 10.3. The van der Waals surface area contributed by atoms with E-state index in [0.29, 0.717) is 28.5 Å². The number of ether oxygens (including phenoxy) is 3. The first-order chi connectivity index (χ1) is 16.3. The van der Waals surface area contributed by atoms with Gasteiger partial charge in [-0.15, -0.1) is 0 Å². The van der Waals surface area contributed by atoms with E-state index >= 15 is 0 Å². The van der Waals surface area contributed by atoms with Crippen LogP contribution in [0, 0.1) is 5.82 Å². The lowest BCUT2D eigenvalue weighted by Crippen LogP contribution is -2.32. The predicted octanol–water partition coefficient (Wildman–Crippen LogP) is 3.56. The molecular weight excluding hydrogens is 463 g/mol. The van der Waals surface area contributed by atoms with Crippen LogP contribution in [0.25, 0.3) is 0 Å². The Bertz CT molecular complexity index is 1310. The van der Waals surface area contributed by atoms with Crippen molar-refractivity contribution < 1.29 is 31.8 Å². The summed E-state index contributed by atoms with van der Waals surface area (Å²) in [7, 11) is -0.853. The van der Waals surface area contributed by atoms with E-state index in [1.54, 1.807) is 29.2 Å². The Kier molecular flexibility index (Phi) is 6.60. The van der Waals surface area contributed by atoms with Gasteiger partial charge in [-0.1, -0.05) is 12.1 Å². The number of amides is 1. The van der Waals surface area contributed by atoms with Crippen LogP contribution >= 0.6 is 0 Å². The maximum atomic E-state index is 13.2. The molecule has 0 aliphatic carbocycles. The summed E-state index contributed by atoms with van der Waals surface area (Å²) in [5.41, 5.74) is 1.68. The zero-order valence-electron chi connectivity index (χ0n) is 18.6. The van der Waals surface area contributed by atoms with Crippen molar-refractivity contribution in [2.24, 2.45) is 0 Å². The van der Waals surface area contributed by atoms with Gasteiger partial charge in [0.1, 0.15) is 11.6 Å². The lowest BCUT2D eigenvalue weighted by molar-refractivity contribution is -0.133. The number of hydrogen-bond donors (Lipinski definition) is 1. The summed E-state index contributed by atoms with van der Waals surface area (Å²) in [6.07, 6.45) is 0. The Morgan fingerprint density at radius 3 is 2.53 bits per heavy atom. The van der Waals surface area contributed by atoms with Crippen molar-refractivity contribution in [3.8, 4) is 17.2 Å². The summed E-state index contributed by atoms with van der Waals surface area (Å²) in [5, 5.41) is 0. The molecule has 1 aliphatic rings. The van der Waals surface area contributed by atoms with Gasteiger partial charge in [0.15, 0.2) is 18.1 Å². The molecule has 0 saturated carbocycles. The standard InChI is InChI=1S/C24H23FN2O6S/c1-31-22-5-3-4-16(24(22)32-2)13-27-14-17-12-19(8-11-21(17)33-15-23(27)28)26-34(29,30)20-9-6-18(25)7-10-20/h3-12,26H,13-15H2,1-2H3. The van der Waals surface area contributed by atoms with Crippen LogP contribution in [0.2, 0.25) is 0 Å². The maximum absolute atomic E-state index is 13.2. The Morgan fingerprint density at radius 1 is 1.06 bits per heavy atom. The summed E-state index contributed by atoms with van der Waals surface area (Å²) in [4.78, 5) is 14.3. The van der Waals surface area contributed by atoms with Crippen molar-refractivity contribution in [3.63, 3.8) is 0 Å². The molecule has 0 saturated heterocycles. The van der Waals surface area contributed by atoms with Gasteiger partial charge in [0.2, 0.25) is 0 Å². The SMILES string of the molecule is COc1cccc(CN2Cc3cc(NS(=O)(=O)c4ccc(F)cc4)ccc3OCC2=O)c1OC. The Labute approximate surface area is 196 Å². The van der Waals surface area contributed by atoms with E-state index in [1.165, 1.54) is 26.4 Å². The topological polar surface area (TPSA) is 94.2 Å². The molecular formula is C24H23FN2O6S. The Hall–Kier alpha value is -3.79. The van der Waals surface area contributed by atoms with E-state index in [9.17, 15) is 17.6 Å². The van der Waals surface area contributed by atoms with E-state index in [4.69, 9.17) is 14.2 Å². The maximum Gasteiger partial charge on any atom is 0.261 e. The molecule has 3 aromatic carbocycles. The number of para-hydroxylation sites is 1. The molecule has 1 N–H and O–H groups in total. The number of anilines is 1. The zero-order chi connectivity index (χ0) is 24.3. The normalized spacial score (nSPS) is 13.5. The second-order valence-electron chi connectivity index (χ2n) is 7.57. The molecule has 8 nitrogen and oxygen atoms in total. The average molecular weight is 487 g/mol. The molecule has 0 unspecified atom stereocenters. The molecule has 0 aromatic heterocycles. The summed E-state index contributed by atoms with van der Waals surface area (Å²) in [6.45, 7) is 0.286. The van der Waals surface area contributed by atoms with Crippen molar-refractivity contribution in [1.29, 1.82) is 0 Å². The van der Waals surface area contributed by atoms with Crippen LogP contribution in [-0.4, -0.2) is 40.1 Å². The monoisotopic (exact) mass is 486 g/mol. The molecule has 34 heavy (non-hydrogen) atoms. The van der Waals surface area contributed by atoms with E-state index in [0.717, 1.165) is 17.7 Å². The first kappa shape index (κ1) is 23.4.